The van der Waals surface area contributed by atoms with E-state index < -0.39 is 5.91 Å². The summed E-state index contributed by atoms with van der Waals surface area (Å²) in [5, 5.41) is 0. The number of primary amides is 1. The largest absolute Gasteiger partial charge is 0.497 e. The number of aromatic nitrogens is 2. The molecule has 1 aliphatic rings. The predicted octanol–water partition coefficient (Wildman–Crippen LogP) is 3.75. The number of aryl methyl sites for hydroxylation is 2. The second kappa shape index (κ2) is 9.48. The molecule has 3 aromatic rings. The fraction of sp³-hybridized carbons (Fsp3) is 0.346. The van der Waals surface area contributed by atoms with E-state index >= 15 is 0 Å². The zero-order valence-corrected chi connectivity index (χ0v) is 19.4. The predicted molar refractivity (Wildman–Crippen MR) is 127 cm³/mol. The van der Waals surface area contributed by atoms with Crippen LogP contribution in [0.5, 0.6) is 5.75 Å². The normalized spacial score (nSPS) is 16.0. The summed E-state index contributed by atoms with van der Waals surface area (Å²) in [6, 6.07) is 13.5. The van der Waals surface area contributed by atoms with Crippen molar-refractivity contribution in [3.8, 4) is 17.0 Å². The molecule has 0 radical (unpaired) electrons. The van der Waals surface area contributed by atoms with Gasteiger partial charge in [0.25, 0.3) is 5.91 Å². The standard InChI is InChI=1S/C26H30N4O3/c1-16-6-7-18(13-17(16)2)14-22(31)30-12-4-5-20(15-30)26-28-23(24(29-26)25(27)32)19-8-10-21(33-3)11-9-19/h6-11,13,20H,4-5,12,14-15H2,1-3H3,(H2,27,32)(H,28,29). The molecule has 7 nitrogen and oxygen atoms in total. The number of nitrogens with zero attached hydrogens (tertiary/aromatic N) is 2. The van der Waals surface area contributed by atoms with Crippen molar-refractivity contribution in [1.82, 2.24) is 14.9 Å². The molecule has 1 fully saturated rings. The molecular formula is C26H30N4O3. The number of carbonyl (C=O) groups excluding carboxylic acids is 2. The van der Waals surface area contributed by atoms with Crippen molar-refractivity contribution < 1.29 is 14.3 Å². The quantitative estimate of drug-likeness (QED) is 0.602. The Labute approximate surface area is 194 Å². The highest BCUT2D eigenvalue weighted by Crippen LogP contribution is 2.30. The number of H-pyrrole nitrogens is 1. The van der Waals surface area contributed by atoms with Crippen molar-refractivity contribution in [2.75, 3.05) is 20.2 Å². The number of amides is 2. The van der Waals surface area contributed by atoms with Crippen LogP contribution in [-0.4, -0.2) is 46.9 Å². The Balaban J connectivity index is 1.53. The Bertz CT molecular complexity index is 1170. The maximum atomic E-state index is 13.0. The molecule has 1 unspecified atom stereocenters. The van der Waals surface area contributed by atoms with E-state index in [-0.39, 0.29) is 17.5 Å². The second-order valence-corrected chi connectivity index (χ2v) is 8.71. The lowest BCUT2D eigenvalue weighted by Crippen LogP contribution is -2.40. The number of imidazole rings is 1. The molecule has 7 heteroatoms. The van der Waals surface area contributed by atoms with Crippen LogP contribution in [0.25, 0.3) is 11.3 Å². The molecular weight excluding hydrogens is 416 g/mol. The van der Waals surface area contributed by atoms with E-state index in [0.29, 0.717) is 24.5 Å². The van der Waals surface area contributed by atoms with E-state index in [1.807, 2.05) is 35.2 Å². The zero-order valence-electron chi connectivity index (χ0n) is 19.4. The summed E-state index contributed by atoms with van der Waals surface area (Å²) in [5.41, 5.74) is 10.7. The highest BCUT2D eigenvalue weighted by Gasteiger charge is 2.28. The Morgan fingerprint density at radius 1 is 1.15 bits per heavy atom. The van der Waals surface area contributed by atoms with Crippen LogP contribution in [0.3, 0.4) is 0 Å². The van der Waals surface area contributed by atoms with Gasteiger partial charge in [-0.25, -0.2) is 4.98 Å². The molecule has 2 aromatic carbocycles. The molecule has 0 aliphatic carbocycles. The molecule has 33 heavy (non-hydrogen) atoms. The first-order chi connectivity index (χ1) is 15.9. The third-order valence-electron chi connectivity index (χ3n) is 6.42. The molecule has 0 spiro atoms. The molecule has 172 valence electrons. The molecule has 1 atom stereocenters. The number of nitrogens with one attached hydrogen (secondary N) is 1. The van der Waals surface area contributed by atoms with E-state index in [1.54, 1.807) is 7.11 Å². The first-order valence-corrected chi connectivity index (χ1v) is 11.2. The summed E-state index contributed by atoms with van der Waals surface area (Å²) in [6.45, 7) is 5.43. The summed E-state index contributed by atoms with van der Waals surface area (Å²) >= 11 is 0. The lowest BCUT2D eigenvalue weighted by Gasteiger charge is -2.32. The fourth-order valence-corrected chi connectivity index (χ4v) is 4.35. The molecule has 4 rings (SSSR count). The van der Waals surface area contributed by atoms with Crippen LogP contribution in [0.15, 0.2) is 42.5 Å². The van der Waals surface area contributed by atoms with Crippen LogP contribution >= 0.6 is 0 Å². The van der Waals surface area contributed by atoms with Gasteiger partial charge in [-0.15, -0.1) is 0 Å². The Kier molecular flexibility index (Phi) is 6.49. The number of rotatable bonds is 6. The SMILES string of the molecule is COc1ccc(-c2nc(C3CCCN(C(=O)Cc4ccc(C)c(C)c4)C3)[nH]c2C(N)=O)cc1. The van der Waals surface area contributed by atoms with Crippen LogP contribution in [-0.2, 0) is 11.2 Å². The van der Waals surface area contributed by atoms with Crippen LogP contribution in [0.2, 0.25) is 0 Å². The Hall–Kier alpha value is -3.61. The van der Waals surface area contributed by atoms with Crippen molar-refractivity contribution in [2.24, 2.45) is 5.73 Å². The van der Waals surface area contributed by atoms with Crippen LogP contribution in [0.1, 0.15) is 51.8 Å². The van der Waals surface area contributed by atoms with Gasteiger partial charge < -0.3 is 20.4 Å². The molecule has 1 aromatic heterocycles. The molecule has 1 aliphatic heterocycles. The van der Waals surface area contributed by atoms with E-state index in [9.17, 15) is 9.59 Å². The number of hydrogen-bond donors (Lipinski definition) is 2. The highest BCUT2D eigenvalue weighted by molar-refractivity contribution is 5.97. The third-order valence-corrected chi connectivity index (χ3v) is 6.42. The van der Waals surface area contributed by atoms with Crippen molar-refractivity contribution in [1.29, 1.82) is 0 Å². The molecule has 0 bridgehead atoms. The van der Waals surface area contributed by atoms with Crippen molar-refractivity contribution in [3.63, 3.8) is 0 Å². The smallest absolute Gasteiger partial charge is 0.267 e. The average molecular weight is 447 g/mol. The first-order valence-electron chi connectivity index (χ1n) is 11.2. The van der Waals surface area contributed by atoms with Gasteiger partial charge in [-0.1, -0.05) is 18.2 Å². The first kappa shape index (κ1) is 22.6. The maximum absolute atomic E-state index is 13.0. The van der Waals surface area contributed by atoms with Gasteiger partial charge in [-0.2, -0.15) is 0 Å². The number of hydrogen-bond acceptors (Lipinski definition) is 4. The van der Waals surface area contributed by atoms with Crippen molar-refractivity contribution in [3.05, 3.63) is 70.7 Å². The maximum Gasteiger partial charge on any atom is 0.267 e. The lowest BCUT2D eigenvalue weighted by atomic mass is 9.96. The number of benzene rings is 2. The van der Waals surface area contributed by atoms with E-state index in [4.69, 9.17) is 15.5 Å². The van der Waals surface area contributed by atoms with Gasteiger partial charge in [-0.05, 0) is 67.6 Å². The summed E-state index contributed by atoms with van der Waals surface area (Å²) in [7, 11) is 1.60. The van der Waals surface area contributed by atoms with E-state index in [0.717, 1.165) is 36.3 Å². The van der Waals surface area contributed by atoms with Crippen molar-refractivity contribution in [2.45, 2.75) is 39.0 Å². The van der Waals surface area contributed by atoms with Gasteiger partial charge in [0.15, 0.2) is 0 Å². The fourth-order valence-electron chi connectivity index (χ4n) is 4.35. The summed E-state index contributed by atoms with van der Waals surface area (Å²) < 4.78 is 5.21. The monoisotopic (exact) mass is 446 g/mol. The number of ether oxygens (including phenoxy) is 1. The molecule has 2 heterocycles. The number of likely N-dealkylation sites (tertiary alicyclic amines) is 1. The zero-order chi connectivity index (χ0) is 23.5. The van der Waals surface area contributed by atoms with Gasteiger partial charge >= 0.3 is 0 Å². The second-order valence-electron chi connectivity index (χ2n) is 8.71. The number of aromatic amines is 1. The van der Waals surface area contributed by atoms with Gasteiger partial charge in [0, 0.05) is 24.6 Å². The summed E-state index contributed by atoms with van der Waals surface area (Å²) in [4.78, 5) is 34.9. The van der Waals surface area contributed by atoms with E-state index in [2.05, 4.69) is 31.0 Å². The van der Waals surface area contributed by atoms with Crippen LogP contribution < -0.4 is 10.5 Å². The van der Waals surface area contributed by atoms with E-state index in [1.165, 1.54) is 11.1 Å². The summed E-state index contributed by atoms with van der Waals surface area (Å²) in [5.74, 6) is 0.990. The minimum absolute atomic E-state index is 0.0209. The lowest BCUT2D eigenvalue weighted by molar-refractivity contribution is -0.131. The number of nitrogens with two attached hydrogens (primary N) is 1. The minimum Gasteiger partial charge on any atom is -0.497 e. The van der Waals surface area contributed by atoms with Gasteiger partial charge in [0.2, 0.25) is 5.91 Å². The Morgan fingerprint density at radius 3 is 2.58 bits per heavy atom. The average Bonchev–Trinajstić information content (AvgIpc) is 3.28. The number of carbonyl (C=O) groups is 2. The van der Waals surface area contributed by atoms with Gasteiger partial charge in [-0.3, -0.25) is 9.59 Å². The van der Waals surface area contributed by atoms with Crippen LogP contribution in [0, 0.1) is 13.8 Å². The van der Waals surface area contributed by atoms with Gasteiger partial charge in [0.05, 0.1) is 13.5 Å². The highest BCUT2D eigenvalue weighted by atomic mass is 16.5. The topological polar surface area (TPSA) is 101 Å². The Morgan fingerprint density at radius 2 is 1.91 bits per heavy atom. The van der Waals surface area contributed by atoms with Gasteiger partial charge in [0.1, 0.15) is 23.0 Å². The molecule has 0 saturated carbocycles. The molecule has 3 N–H and O–H groups in total. The van der Waals surface area contributed by atoms with Crippen LogP contribution in [0.4, 0.5) is 0 Å². The number of piperidine rings is 1. The third kappa shape index (κ3) is 4.92. The molecule has 1 saturated heterocycles. The minimum atomic E-state index is -0.557. The molecule has 2 amide bonds. The number of methoxy groups -OCH3 is 1. The van der Waals surface area contributed by atoms with Crippen molar-refractivity contribution >= 4 is 11.8 Å². The summed E-state index contributed by atoms with van der Waals surface area (Å²) in [6.07, 6.45) is 2.16.